The molecule has 0 amide bonds. The maximum atomic E-state index is 2.57. The fourth-order valence-corrected chi connectivity index (χ4v) is 4.63. The molecule has 2 rings (SSSR count). The van der Waals surface area contributed by atoms with Gasteiger partial charge in [-0.25, -0.2) is 0 Å². The highest BCUT2D eigenvalue weighted by Crippen LogP contribution is 2.23. The van der Waals surface area contributed by atoms with Crippen LogP contribution in [0.25, 0.3) is 0 Å². The molecule has 0 bridgehead atoms. The second-order valence-corrected chi connectivity index (χ2v) is 9.49. The molecule has 170 valence electrons. The monoisotopic (exact) mass is 412 g/mol. The Hall–Kier alpha value is -1.44. The van der Waals surface area contributed by atoms with Crippen LogP contribution < -0.4 is 0 Å². The molecule has 2 heteroatoms. The molecule has 30 heavy (non-hydrogen) atoms. The summed E-state index contributed by atoms with van der Waals surface area (Å²) in [5, 5.41) is 0. The van der Waals surface area contributed by atoms with Gasteiger partial charge in [-0.2, -0.15) is 0 Å². The molecule has 1 aromatic rings. The van der Waals surface area contributed by atoms with Crippen molar-refractivity contribution < 1.29 is 0 Å². The third-order valence-electron chi connectivity index (χ3n) is 6.53. The Morgan fingerprint density at radius 3 is 1.77 bits per heavy atom. The highest BCUT2D eigenvalue weighted by Gasteiger charge is 2.27. The van der Waals surface area contributed by atoms with Gasteiger partial charge in [0.15, 0.2) is 0 Å². The lowest BCUT2D eigenvalue weighted by Gasteiger charge is -2.35. The Bertz CT molecular complexity index is 551. The molecule has 0 fully saturated rings. The van der Waals surface area contributed by atoms with Gasteiger partial charge < -0.3 is 9.80 Å². The van der Waals surface area contributed by atoms with Crippen LogP contribution in [0.5, 0.6) is 0 Å². The zero-order valence-corrected chi connectivity index (χ0v) is 20.2. The van der Waals surface area contributed by atoms with Crippen molar-refractivity contribution in [2.45, 2.75) is 123 Å². The summed E-state index contributed by atoms with van der Waals surface area (Å²) in [6.45, 7) is 8.09. The van der Waals surface area contributed by atoms with Gasteiger partial charge in [0.05, 0.1) is 0 Å². The Balaban J connectivity index is 1.54. The minimum Gasteiger partial charge on any atom is -0.356 e. The van der Waals surface area contributed by atoms with E-state index in [4.69, 9.17) is 0 Å². The van der Waals surface area contributed by atoms with Crippen molar-refractivity contribution in [1.82, 2.24) is 9.80 Å². The Kier molecular flexibility index (Phi) is 12.7. The summed E-state index contributed by atoms with van der Waals surface area (Å²) in [7, 11) is 0. The molecule has 1 atom stereocenters. The first-order valence-corrected chi connectivity index (χ1v) is 13.0. The van der Waals surface area contributed by atoms with E-state index in [2.05, 4.69) is 73.3 Å². The largest absolute Gasteiger partial charge is 0.356 e. The van der Waals surface area contributed by atoms with Crippen molar-refractivity contribution in [1.29, 1.82) is 0 Å². The second-order valence-electron chi connectivity index (χ2n) is 9.49. The van der Waals surface area contributed by atoms with Crippen LogP contribution in [-0.4, -0.2) is 28.6 Å². The molecule has 0 saturated carbocycles. The number of hydrogen-bond acceptors (Lipinski definition) is 2. The fourth-order valence-electron chi connectivity index (χ4n) is 4.63. The first-order valence-electron chi connectivity index (χ1n) is 13.0. The molecular weight excluding hydrogens is 364 g/mol. The van der Waals surface area contributed by atoms with Gasteiger partial charge in [0, 0.05) is 31.4 Å². The summed E-state index contributed by atoms with van der Waals surface area (Å²) < 4.78 is 0. The second kappa shape index (κ2) is 15.4. The lowest BCUT2D eigenvalue weighted by atomic mass is 10.0. The first-order chi connectivity index (χ1) is 14.7. The summed E-state index contributed by atoms with van der Waals surface area (Å²) in [6.07, 6.45) is 24.7. The van der Waals surface area contributed by atoms with E-state index < -0.39 is 0 Å². The molecule has 0 aromatic heterocycles. The van der Waals surface area contributed by atoms with Crippen LogP contribution in [0.2, 0.25) is 0 Å². The topological polar surface area (TPSA) is 6.48 Å². The molecule has 2 nitrogen and oxygen atoms in total. The van der Waals surface area contributed by atoms with Crippen LogP contribution in [0, 0.1) is 0 Å². The molecule has 1 aromatic carbocycles. The van der Waals surface area contributed by atoms with Crippen molar-refractivity contribution in [2.24, 2.45) is 0 Å². The predicted molar refractivity (Wildman–Crippen MR) is 132 cm³/mol. The van der Waals surface area contributed by atoms with E-state index in [1.165, 1.54) is 95.6 Å². The number of rotatable bonds is 17. The van der Waals surface area contributed by atoms with Gasteiger partial charge in [-0.15, -0.1) is 0 Å². The summed E-state index contributed by atoms with van der Waals surface area (Å²) in [5.41, 5.74) is 1.44. The number of benzene rings is 1. The molecule has 0 saturated heterocycles. The van der Waals surface area contributed by atoms with Crippen LogP contribution in [0.1, 0.15) is 110 Å². The van der Waals surface area contributed by atoms with E-state index in [0.717, 1.165) is 6.42 Å². The maximum Gasteiger partial charge on any atom is 0.105 e. The van der Waals surface area contributed by atoms with Gasteiger partial charge in [0.1, 0.15) is 6.17 Å². The maximum absolute atomic E-state index is 2.57. The predicted octanol–water partition coefficient (Wildman–Crippen LogP) is 8.14. The normalized spacial score (nSPS) is 16.2. The molecule has 1 unspecified atom stereocenters. The molecule has 1 aliphatic heterocycles. The van der Waals surface area contributed by atoms with E-state index in [1.807, 2.05) is 0 Å². The molecule has 0 radical (unpaired) electrons. The van der Waals surface area contributed by atoms with Gasteiger partial charge in [-0.05, 0) is 25.8 Å². The van der Waals surface area contributed by atoms with Crippen molar-refractivity contribution in [3.05, 3.63) is 48.3 Å². The summed E-state index contributed by atoms with van der Waals surface area (Å²) >= 11 is 0. The van der Waals surface area contributed by atoms with Crippen molar-refractivity contribution in [3.63, 3.8) is 0 Å². The van der Waals surface area contributed by atoms with Crippen LogP contribution >= 0.6 is 0 Å². The fraction of sp³-hybridized carbons (Fsp3) is 0.714. The van der Waals surface area contributed by atoms with Crippen molar-refractivity contribution in [3.8, 4) is 0 Å². The van der Waals surface area contributed by atoms with Crippen LogP contribution in [0.4, 0.5) is 0 Å². The van der Waals surface area contributed by atoms with Crippen LogP contribution in [0.3, 0.4) is 0 Å². The molecule has 1 heterocycles. The molecular formula is C28H48N2. The van der Waals surface area contributed by atoms with E-state index >= 15 is 0 Å². The lowest BCUT2D eigenvalue weighted by molar-refractivity contribution is 0.125. The van der Waals surface area contributed by atoms with Gasteiger partial charge >= 0.3 is 0 Å². The number of hydrogen-bond donors (Lipinski definition) is 0. The van der Waals surface area contributed by atoms with E-state index in [0.29, 0.717) is 12.2 Å². The zero-order chi connectivity index (χ0) is 21.4. The van der Waals surface area contributed by atoms with E-state index in [1.54, 1.807) is 0 Å². The zero-order valence-electron chi connectivity index (χ0n) is 20.2. The number of nitrogens with zero attached hydrogens (tertiary/aromatic N) is 2. The standard InChI is InChI=1S/C28H48N2/c1-4-5-6-7-8-9-10-11-12-13-14-15-19-22-29-23-24-30(26(2)3)28(29)25-27-20-17-16-18-21-27/h16-18,20-21,23-24,26,28H,4-15,19,22,25H2,1-3H3. The summed E-state index contributed by atoms with van der Waals surface area (Å²) in [4.78, 5) is 5.10. The lowest BCUT2D eigenvalue weighted by Crippen LogP contribution is -2.43. The van der Waals surface area contributed by atoms with Gasteiger partial charge in [-0.1, -0.05) is 114 Å². The minimum absolute atomic E-state index is 0.477. The third-order valence-corrected chi connectivity index (χ3v) is 6.53. The highest BCUT2D eigenvalue weighted by molar-refractivity contribution is 5.17. The molecule has 0 spiro atoms. The third kappa shape index (κ3) is 9.58. The van der Waals surface area contributed by atoms with Crippen molar-refractivity contribution in [2.75, 3.05) is 6.54 Å². The Labute approximate surface area is 187 Å². The van der Waals surface area contributed by atoms with Crippen molar-refractivity contribution >= 4 is 0 Å². The van der Waals surface area contributed by atoms with Gasteiger partial charge in [-0.3, -0.25) is 0 Å². The number of unbranched alkanes of at least 4 members (excludes halogenated alkanes) is 12. The van der Waals surface area contributed by atoms with Crippen LogP contribution in [-0.2, 0) is 6.42 Å². The molecule has 0 N–H and O–H groups in total. The minimum atomic E-state index is 0.477. The van der Waals surface area contributed by atoms with Crippen LogP contribution in [0.15, 0.2) is 42.7 Å². The van der Waals surface area contributed by atoms with E-state index in [9.17, 15) is 0 Å². The smallest absolute Gasteiger partial charge is 0.105 e. The average molecular weight is 413 g/mol. The molecule has 0 aliphatic carbocycles. The average Bonchev–Trinajstić information content (AvgIpc) is 3.15. The summed E-state index contributed by atoms with van der Waals surface area (Å²) in [6, 6.07) is 11.5. The van der Waals surface area contributed by atoms with E-state index in [-0.39, 0.29) is 0 Å². The van der Waals surface area contributed by atoms with Gasteiger partial charge in [0.2, 0.25) is 0 Å². The van der Waals surface area contributed by atoms with Gasteiger partial charge in [0.25, 0.3) is 0 Å². The Morgan fingerprint density at radius 2 is 1.23 bits per heavy atom. The summed E-state index contributed by atoms with van der Waals surface area (Å²) in [5.74, 6) is 0. The SMILES string of the molecule is CCCCCCCCCCCCCCCN1C=CN(C(C)C)C1Cc1ccccc1. The molecule has 1 aliphatic rings. The Morgan fingerprint density at radius 1 is 0.700 bits per heavy atom. The quantitative estimate of drug-likeness (QED) is 0.238. The first kappa shape index (κ1) is 24.8. The highest BCUT2D eigenvalue weighted by atomic mass is 15.4.